The molecule has 19 heavy (non-hydrogen) atoms. The number of ether oxygens (including phenoxy) is 1. The second kappa shape index (κ2) is 5.72. The van der Waals surface area contributed by atoms with Crippen LogP contribution in [0.3, 0.4) is 0 Å². The Labute approximate surface area is 118 Å². The van der Waals surface area contributed by atoms with Gasteiger partial charge in [-0.05, 0) is 25.0 Å². The zero-order valence-corrected chi connectivity index (χ0v) is 12.7. The molecule has 0 saturated carbocycles. The minimum atomic E-state index is 0.429. The van der Waals surface area contributed by atoms with Crippen LogP contribution in [0.5, 0.6) is 5.75 Å². The van der Waals surface area contributed by atoms with Gasteiger partial charge in [-0.15, -0.1) is 11.3 Å². The van der Waals surface area contributed by atoms with Crippen molar-refractivity contribution in [3.8, 4) is 17.0 Å². The van der Waals surface area contributed by atoms with Gasteiger partial charge in [-0.2, -0.15) is 0 Å². The summed E-state index contributed by atoms with van der Waals surface area (Å²) in [5.41, 5.74) is 9.00. The number of hydrogen-bond donors (Lipinski definition) is 1. The van der Waals surface area contributed by atoms with E-state index in [1.807, 2.05) is 12.1 Å². The first-order valence-electron chi connectivity index (χ1n) is 6.41. The van der Waals surface area contributed by atoms with Crippen LogP contribution < -0.4 is 10.5 Å². The van der Waals surface area contributed by atoms with Crippen LogP contribution in [0.4, 0.5) is 0 Å². The maximum Gasteiger partial charge on any atom is 0.128 e. The summed E-state index contributed by atoms with van der Waals surface area (Å²) in [4.78, 5) is 5.95. The fraction of sp³-hybridized carbons (Fsp3) is 0.400. The van der Waals surface area contributed by atoms with Crippen molar-refractivity contribution < 1.29 is 4.74 Å². The van der Waals surface area contributed by atoms with Gasteiger partial charge in [0.25, 0.3) is 0 Å². The number of aromatic nitrogens is 1. The Morgan fingerprint density at radius 1 is 1.37 bits per heavy atom. The van der Waals surface area contributed by atoms with Crippen LogP contribution in [0.15, 0.2) is 18.2 Å². The molecule has 0 radical (unpaired) electrons. The first-order chi connectivity index (χ1) is 9.06. The lowest BCUT2D eigenvalue weighted by Gasteiger charge is -2.10. The smallest absolute Gasteiger partial charge is 0.128 e. The number of nitrogens with two attached hydrogens (primary N) is 1. The molecule has 0 spiro atoms. The maximum absolute atomic E-state index is 5.73. The van der Waals surface area contributed by atoms with Gasteiger partial charge in [0.2, 0.25) is 0 Å². The van der Waals surface area contributed by atoms with Gasteiger partial charge in [0.05, 0.1) is 12.8 Å². The molecule has 4 heteroatoms. The monoisotopic (exact) mass is 276 g/mol. The summed E-state index contributed by atoms with van der Waals surface area (Å²) >= 11 is 1.70. The highest BCUT2D eigenvalue weighted by Crippen LogP contribution is 2.38. The molecule has 1 heterocycles. The molecule has 1 aromatic carbocycles. The SMILES string of the molecule is COc1ccc(C)cc1-c1nc(CN)sc1C(C)C. The zero-order chi connectivity index (χ0) is 14.0. The Hall–Kier alpha value is -1.39. The molecule has 0 bridgehead atoms. The minimum absolute atomic E-state index is 0.429. The summed E-state index contributed by atoms with van der Waals surface area (Å²) in [5, 5.41) is 0.974. The number of benzene rings is 1. The van der Waals surface area contributed by atoms with Crippen LogP contribution in [0.2, 0.25) is 0 Å². The van der Waals surface area contributed by atoms with Crippen molar-refractivity contribution in [3.63, 3.8) is 0 Å². The van der Waals surface area contributed by atoms with Crippen molar-refractivity contribution in [3.05, 3.63) is 33.6 Å². The molecule has 3 nitrogen and oxygen atoms in total. The predicted octanol–water partition coefficient (Wildman–Crippen LogP) is 3.71. The zero-order valence-electron chi connectivity index (χ0n) is 11.9. The maximum atomic E-state index is 5.73. The van der Waals surface area contributed by atoms with Gasteiger partial charge in [0.15, 0.2) is 0 Å². The van der Waals surface area contributed by atoms with Crippen LogP contribution in [-0.4, -0.2) is 12.1 Å². The van der Waals surface area contributed by atoms with E-state index in [0.717, 1.165) is 22.0 Å². The number of aryl methyl sites for hydroxylation is 1. The number of hydrogen-bond acceptors (Lipinski definition) is 4. The Morgan fingerprint density at radius 2 is 2.11 bits per heavy atom. The van der Waals surface area contributed by atoms with Gasteiger partial charge < -0.3 is 10.5 Å². The average Bonchev–Trinajstić information content (AvgIpc) is 2.83. The molecule has 0 atom stereocenters. The van der Waals surface area contributed by atoms with Crippen LogP contribution >= 0.6 is 11.3 Å². The molecule has 102 valence electrons. The third-order valence-corrected chi connectivity index (χ3v) is 4.39. The van der Waals surface area contributed by atoms with Crippen molar-refractivity contribution in [1.29, 1.82) is 0 Å². The van der Waals surface area contributed by atoms with E-state index in [4.69, 9.17) is 10.5 Å². The van der Waals surface area contributed by atoms with Crippen LogP contribution in [0.1, 0.15) is 35.2 Å². The van der Waals surface area contributed by atoms with Gasteiger partial charge in [-0.25, -0.2) is 4.98 Å². The number of methoxy groups -OCH3 is 1. The Balaban J connectivity index is 2.63. The first kappa shape index (κ1) is 14.0. The summed E-state index contributed by atoms with van der Waals surface area (Å²) in [6.07, 6.45) is 0. The van der Waals surface area contributed by atoms with E-state index in [9.17, 15) is 0 Å². The summed E-state index contributed by atoms with van der Waals surface area (Å²) in [7, 11) is 1.69. The standard InChI is InChI=1S/C15H20N2OS/c1-9(2)15-14(17-13(8-16)19-15)11-7-10(3)5-6-12(11)18-4/h5-7,9H,8,16H2,1-4H3. The summed E-state index contributed by atoms with van der Waals surface area (Å²) in [6.45, 7) is 6.92. The van der Waals surface area contributed by atoms with Crippen LogP contribution in [0, 0.1) is 6.92 Å². The molecule has 2 N–H and O–H groups in total. The topological polar surface area (TPSA) is 48.1 Å². The molecule has 2 aromatic rings. The van der Waals surface area contributed by atoms with E-state index in [-0.39, 0.29) is 0 Å². The van der Waals surface area contributed by atoms with Crippen LogP contribution in [-0.2, 0) is 6.54 Å². The summed E-state index contributed by atoms with van der Waals surface area (Å²) < 4.78 is 5.47. The molecule has 0 aliphatic heterocycles. The second-order valence-electron chi connectivity index (χ2n) is 4.88. The van der Waals surface area contributed by atoms with E-state index < -0.39 is 0 Å². The molecule has 0 saturated heterocycles. The molecule has 0 fully saturated rings. The fourth-order valence-electron chi connectivity index (χ4n) is 2.06. The third-order valence-electron chi connectivity index (χ3n) is 3.01. The summed E-state index contributed by atoms with van der Waals surface area (Å²) in [6, 6.07) is 6.17. The highest BCUT2D eigenvalue weighted by molar-refractivity contribution is 7.12. The lowest BCUT2D eigenvalue weighted by molar-refractivity contribution is 0.416. The molecular weight excluding hydrogens is 256 g/mol. The van der Waals surface area contributed by atoms with E-state index in [2.05, 4.69) is 31.8 Å². The van der Waals surface area contributed by atoms with E-state index in [0.29, 0.717) is 12.5 Å². The van der Waals surface area contributed by atoms with Crippen LogP contribution in [0.25, 0.3) is 11.3 Å². The van der Waals surface area contributed by atoms with Gasteiger partial charge >= 0.3 is 0 Å². The second-order valence-corrected chi connectivity index (χ2v) is 6.00. The highest BCUT2D eigenvalue weighted by atomic mass is 32.1. The Morgan fingerprint density at radius 3 is 2.68 bits per heavy atom. The highest BCUT2D eigenvalue weighted by Gasteiger charge is 2.18. The number of thiazole rings is 1. The molecule has 0 unspecified atom stereocenters. The molecule has 1 aromatic heterocycles. The number of nitrogens with zero attached hydrogens (tertiary/aromatic N) is 1. The van der Waals surface area contributed by atoms with Crippen molar-refractivity contribution in [2.24, 2.45) is 5.73 Å². The minimum Gasteiger partial charge on any atom is -0.496 e. The summed E-state index contributed by atoms with van der Waals surface area (Å²) in [5.74, 6) is 1.29. The van der Waals surface area contributed by atoms with E-state index in [1.165, 1.54) is 10.4 Å². The van der Waals surface area contributed by atoms with E-state index >= 15 is 0 Å². The molecule has 0 aliphatic carbocycles. The Kier molecular flexibility index (Phi) is 4.22. The fourth-order valence-corrected chi connectivity index (χ4v) is 3.02. The lowest BCUT2D eigenvalue weighted by Crippen LogP contribution is -1.96. The molecular formula is C15H20N2OS. The van der Waals surface area contributed by atoms with Crippen molar-refractivity contribution in [1.82, 2.24) is 4.98 Å². The predicted molar refractivity (Wildman–Crippen MR) is 80.8 cm³/mol. The number of rotatable bonds is 4. The normalized spacial score (nSPS) is 11.1. The van der Waals surface area contributed by atoms with Gasteiger partial charge in [-0.1, -0.05) is 25.5 Å². The Bertz CT molecular complexity index is 576. The average molecular weight is 276 g/mol. The lowest BCUT2D eigenvalue weighted by atomic mass is 10.0. The van der Waals surface area contributed by atoms with Crippen molar-refractivity contribution in [2.45, 2.75) is 33.2 Å². The van der Waals surface area contributed by atoms with Crippen molar-refractivity contribution >= 4 is 11.3 Å². The first-order valence-corrected chi connectivity index (χ1v) is 7.23. The quantitative estimate of drug-likeness (QED) is 0.926. The van der Waals surface area contributed by atoms with E-state index in [1.54, 1.807) is 18.4 Å². The third kappa shape index (κ3) is 2.80. The largest absolute Gasteiger partial charge is 0.496 e. The van der Waals surface area contributed by atoms with Crippen molar-refractivity contribution in [2.75, 3.05) is 7.11 Å². The van der Waals surface area contributed by atoms with Gasteiger partial charge in [0.1, 0.15) is 10.8 Å². The molecule has 0 amide bonds. The van der Waals surface area contributed by atoms with Gasteiger partial charge in [0, 0.05) is 17.0 Å². The molecule has 0 aliphatic rings. The molecule has 2 rings (SSSR count). The van der Waals surface area contributed by atoms with Gasteiger partial charge in [-0.3, -0.25) is 0 Å².